The number of amides is 4. The van der Waals surface area contributed by atoms with Gasteiger partial charge in [-0.25, -0.2) is 0 Å². The van der Waals surface area contributed by atoms with Gasteiger partial charge in [-0.3, -0.25) is 34.3 Å². The molecule has 0 aromatic heterocycles. The number of nitrogens with zero attached hydrogens (tertiary/aromatic N) is 3. The Morgan fingerprint density at radius 3 is 2.10 bits per heavy atom. The molecule has 4 aromatic rings. The molecule has 3 saturated heterocycles. The molecular weight excluding hydrogens is 743 g/mol. The number of carbonyl (C=O) groups is 4. The van der Waals surface area contributed by atoms with E-state index in [1.165, 1.54) is 11.1 Å². The van der Waals surface area contributed by atoms with E-state index in [1.807, 2.05) is 24.3 Å². The number of imide groups is 2. The largest absolute Gasteiger partial charge is 0.508 e. The Bertz CT molecular complexity index is 2190. The van der Waals surface area contributed by atoms with Crippen molar-refractivity contribution in [2.45, 2.75) is 64.0 Å². The predicted molar refractivity (Wildman–Crippen MR) is 228 cm³/mol. The molecule has 0 saturated carbocycles. The number of allylic oxidation sites excluding steroid dienone is 1. The predicted octanol–water partition coefficient (Wildman–Crippen LogP) is 6.83. The lowest BCUT2D eigenvalue weighted by Crippen LogP contribution is -2.54. The normalized spacial score (nSPS) is 20.0. The lowest BCUT2D eigenvalue weighted by atomic mass is 9.88. The quantitative estimate of drug-likeness (QED) is 0.0985. The molecule has 4 amide bonds. The SMILES string of the molecule is CC/C(=C(\c1ccc(O)cc1)c1ccc(OCCN2CCC(CN3CCC(Nc4cccc5c4C(=O)N(C4CCC(=O)NC4=O)C5=O)CC3)CC2)cc1)c1ccccc1. The lowest BCUT2D eigenvalue weighted by molar-refractivity contribution is -0.136. The zero-order chi connectivity index (χ0) is 40.9. The van der Waals surface area contributed by atoms with Crippen LogP contribution in [-0.4, -0.2) is 101 Å². The van der Waals surface area contributed by atoms with Crippen molar-refractivity contribution in [3.63, 3.8) is 0 Å². The lowest BCUT2D eigenvalue weighted by Gasteiger charge is -2.38. The highest BCUT2D eigenvalue weighted by Crippen LogP contribution is 2.36. The monoisotopic (exact) mass is 795 g/mol. The number of hydrogen-bond donors (Lipinski definition) is 3. The van der Waals surface area contributed by atoms with E-state index in [1.54, 1.807) is 24.3 Å². The maximum atomic E-state index is 13.5. The molecule has 59 heavy (non-hydrogen) atoms. The van der Waals surface area contributed by atoms with Gasteiger partial charge in [0.15, 0.2) is 0 Å². The summed E-state index contributed by atoms with van der Waals surface area (Å²) >= 11 is 0. The Hall–Kier alpha value is -5.78. The van der Waals surface area contributed by atoms with Crippen molar-refractivity contribution >= 4 is 40.5 Å². The number of rotatable bonds is 13. The summed E-state index contributed by atoms with van der Waals surface area (Å²) in [7, 11) is 0. The van der Waals surface area contributed by atoms with Crippen LogP contribution in [0.15, 0.2) is 97.1 Å². The molecule has 306 valence electrons. The minimum absolute atomic E-state index is 0.0955. The van der Waals surface area contributed by atoms with Crippen molar-refractivity contribution in [3.8, 4) is 11.5 Å². The number of aromatic hydroxyl groups is 1. The van der Waals surface area contributed by atoms with Crippen LogP contribution in [0.5, 0.6) is 11.5 Å². The number of phenolic OH excluding ortho intramolecular Hbond substituents is 1. The molecular formula is C48H53N5O6. The third-order valence-corrected chi connectivity index (χ3v) is 12.4. The molecule has 0 spiro atoms. The van der Waals surface area contributed by atoms with Crippen LogP contribution in [0.1, 0.15) is 89.3 Å². The first-order valence-corrected chi connectivity index (χ1v) is 21.1. The average molecular weight is 796 g/mol. The fourth-order valence-corrected chi connectivity index (χ4v) is 9.19. The van der Waals surface area contributed by atoms with Gasteiger partial charge in [-0.05, 0) is 122 Å². The summed E-state index contributed by atoms with van der Waals surface area (Å²) in [5.74, 6) is -0.187. The van der Waals surface area contributed by atoms with Crippen LogP contribution >= 0.6 is 0 Å². The summed E-state index contributed by atoms with van der Waals surface area (Å²) in [6.45, 7) is 8.85. The molecule has 1 atom stereocenters. The van der Waals surface area contributed by atoms with Gasteiger partial charge in [0.2, 0.25) is 11.8 Å². The fourth-order valence-electron chi connectivity index (χ4n) is 9.19. The van der Waals surface area contributed by atoms with Crippen molar-refractivity contribution in [3.05, 3.63) is 125 Å². The van der Waals surface area contributed by atoms with Crippen molar-refractivity contribution in [1.29, 1.82) is 0 Å². The second-order valence-corrected chi connectivity index (χ2v) is 16.2. The third-order valence-electron chi connectivity index (χ3n) is 12.4. The van der Waals surface area contributed by atoms with Crippen molar-refractivity contribution < 1.29 is 29.0 Å². The molecule has 11 heteroatoms. The molecule has 3 N–H and O–H groups in total. The maximum absolute atomic E-state index is 13.5. The number of ether oxygens (including phenoxy) is 1. The Balaban J connectivity index is 0.782. The van der Waals surface area contributed by atoms with E-state index in [4.69, 9.17) is 4.74 Å². The van der Waals surface area contributed by atoms with Gasteiger partial charge < -0.3 is 20.1 Å². The number of carbonyl (C=O) groups excluding carboxylic acids is 4. The van der Waals surface area contributed by atoms with Crippen molar-refractivity contribution in [2.24, 2.45) is 5.92 Å². The maximum Gasteiger partial charge on any atom is 0.264 e. The third kappa shape index (κ3) is 8.96. The van der Waals surface area contributed by atoms with Gasteiger partial charge >= 0.3 is 0 Å². The van der Waals surface area contributed by atoms with Gasteiger partial charge in [0.25, 0.3) is 11.8 Å². The standard InChI is InChI=1S/C48H53N5O6/c1-2-39(33-7-4-3-5-8-33)44(34-11-15-37(54)16-12-34)35-13-17-38(18-14-35)59-30-29-51-25-21-32(22-26-51)31-52-27-23-36(24-28-52)49-41-10-6-9-40-45(41)48(58)53(47(40)57)42-19-20-43(55)50-46(42)56/h3-18,32,36,42,49,54H,2,19-31H2,1H3,(H,50,55,56)/b44-39-. The summed E-state index contributed by atoms with van der Waals surface area (Å²) < 4.78 is 6.24. The highest BCUT2D eigenvalue weighted by atomic mass is 16.5. The summed E-state index contributed by atoms with van der Waals surface area (Å²) in [6.07, 6.45) is 5.29. The number of piperidine rings is 3. The number of likely N-dealkylation sites (tertiary alicyclic amines) is 2. The van der Waals surface area contributed by atoms with E-state index in [0.717, 1.165) is 98.7 Å². The summed E-state index contributed by atoms with van der Waals surface area (Å²) in [5, 5.41) is 15.8. The van der Waals surface area contributed by atoms with E-state index >= 15 is 0 Å². The van der Waals surface area contributed by atoms with Crippen molar-refractivity contribution in [1.82, 2.24) is 20.0 Å². The Morgan fingerprint density at radius 2 is 1.42 bits per heavy atom. The van der Waals surface area contributed by atoms with Crippen LogP contribution in [0.4, 0.5) is 5.69 Å². The first-order chi connectivity index (χ1) is 28.7. The molecule has 0 aliphatic carbocycles. The number of fused-ring (bicyclic) bond motifs is 1. The first kappa shape index (κ1) is 40.0. The Kier molecular flexibility index (Phi) is 12.2. The summed E-state index contributed by atoms with van der Waals surface area (Å²) in [4.78, 5) is 57.1. The zero-order valence-electron chi connectivity index (χ0n) is 33.7. The fraction of sp³-hybridized carbons (Fsp3) is 0.375. The van der Waals surface area contributed by atoms with Gasteiger partial charge in [0.05, 0.1) is 11.1 Å². The van der Waals surface area contributed by atoms with E-state index in [0.29, 0.717) is 29.3 Å². The summed E-state index contributed by atoms with van der Waals surface area (Å²) in [6, 6.07) is 30.7. The van der Waals surface area contributed by atoms with Crippen LogP contribution < -0.4 is 15.4 Å². The topological polar surface area (TPSA) is 132 Å². The highest BCUT2D eigenvalue weighted by Gasteiger charge is 2.45. The van der Waals surface area contributed by atoms with Gasteiger partial charge in [-0.1, -0.05) is 67.6 Å². The van der Waals surface area contributed by atoms with Crippen LogP contribution in [0, 0.1) is 5.92 Å². The molecule has 8 rings (SSSR count). The number of hydrogen-bond acceptors (Lipinski definition) is 9. The number of nitrogens with one attached hydrogen (secondary N) is 2. The van der Waals surface area contributed by atoms with E-state index in [9.17, 15) is 24.3 Å². The molecule has 1 unspecified atom stereocenters. The molecule has 4 aromatic carbocycles. The average Bonchev–Trinajstić information content (AvgIpc) is 3.51. The van der Waals surface area contributed by atoms with Crippen LogP contribution in [0.2, 0.25) is 0 Å². The molecule has 3 fully saturated rings. The van der Waals surface area contributed by atoms with Crippen LogP contribution in [0.3, 0.4) is 0 Å². The van der Waals surface area contributed by atoms with Crippen LogP contribution in [-0.2, 0) is 9.59 Å². The molecule has 4 aliphatic rings. The van der Waals surface area contributed by atoms with E-state index in [-0.39, 0.29) is 30.5 Å². The molecule has 0 radical (unpaired) electrons. The first-order valence-electron chi connectivity index (χ1n) is 21.1. The highest BCUT2D eigenvalue weighted by molar-refractivity contribution is 6.25. The van der Waals surface area contributed by atoms with Crippen LogP contribution in [0.25, 0.3) is 11.1 Å². The Morgan fingerprint density at radius 1 is 0.746 bits per heavy atom. The Labute approximate surface area is 346 Å². The smallest absolute Gasteiger partial charge is 0.264 e. The minimum Gasteiger partial charge on any atom is -0.508 e. The van der Waals surface area contributed by atoms with E-state index < -0.39 is 23.8 Å². The minimum atomic E-state index is -0.976. The van der Waals surface area contributed by atoms with E-state index in [2.05, 4.69) is 75.9 Å². The molecule has 4 heterocycles. The van der Waals surface area contributed by atoms with Gasteiger partial charge in [0, 0.05) is 44.3 Å². The van der Waals surface area contributed by atoms with Crippen molar-refractivity contribution in [2.75, 3.05) is 51.2 Å². The van der Waals surface area contributed by atoms with Gasteiger partial charge in [0.1, 0.15) is 24.1 Å². The molecule has 4 aliphatic heterocycles. The number of anilines is 1. The van der Waals surface area contributed by atoms with Gasteiger partial charge in [-0.15, -0.1) is 0 Å². The zero-order valence-corrected chi connectivity index (χ0v) is 33.7. The second-order valence-electron chi connectivity index (χ2n) is 16.2. The number of phenols is 1. The van der Waals surface area contributed by atoms with Gasteiger partial charge in [-0.2, -0.15) is 0 Å². The second kappa shape index (κ2) is 18.0. The molecule has 0 bridgehead atoms. The molecule has 11 nitrogen and oxygen atoms in total. The summed E-state index contributed by atoms with van der Waals surface area (Å²) in [5.41, 5.74) is 7.02. The number of benzene rings is 4.